The molecule has 5 aliphatic rings. The van der Waals surface area contributed by atoms with Gasteiger partial charge in [0.05, 0.1) is 17.1 Å². The first-order chi connectivity index (χ1) is 25.2. The summed E-state index contributed by atoms with van der Waals surface area (Å²) < 4.78 is 33.6. The Hall–Kier alpha value is -4.72. The van der Waals surface area contributed by atoms with Crippen LogP contribution < -0.4 is 25.4 Å². The molecule has 6 atom stereocenters. The molecule has 4 aliphatic carbocycles. The molecule has 1 heterocycles. The predicted octanol–water partition coefficient (Wildman–Crippen LogP) is 3.32. The van der Waals surface area contributed by atoms with E-state index < -0.39 is 67.9 Å². The van der Waals surface area contributed by atoms with Crippen LogP contribution in [0.15, 0.2) is 59.8 Å². The van der Waals surface area contributed by atoms with Gasteiger partial charge in [-0.1, -0.05) is 69.6 Å². The number of carbonyl (C=O) groups is 4. The molecule has 0 saturated heterocycles. The second kappa shape index (κ2) is 13.9. The molecule has 2 aromatic carbocycles. The Morgan fingerprint density at radius 3 is 2.42 bits per heavy atom. The third-order valence-electron chi connectivity index (χ3n) is 11.1. The normalized spacial score (nSPS) is 28.4. The largest absolute Gasteiger partial charge is 0.490 e. The summed E-state index contributed by atoms with van der Waals surface area (Å²) in [6.07, 6.45) is 4.93. The molecule has 4 bridgehead atoms. The van der Waals surface area contributed by atoms with Crippen LogP contribution in [0.3, 0.4) is 0 Å². The fraction of sp³-hybridized carbons (Fsp3) is 0.513. The number of nitrogens with zero attached hydrogens (tertiary/aromatic N) is 1. The molecule has 0 radical (unpaired) electrons. The van der Waals surface area contributed by atoms with Crippen molar-refractivity contribution in [3.8, 4) is 16.9 Å². The summed E-state index contributed by atoms with van der Waals surface area (Å²) in [7, 11) is -3.85. The van der Waals surface area contributed by atoms with Gasteiger partial charge >= 0.3 is 0 Å². The highest BCUT2D eigenvalue weighted by Crippen LogP contribution is 2.48. The molecule has 13 nitrogen and oxygen atoms in total. The topological polar surface area (TPSA) is 181 Å². The number of hydrogen-bond donors (Lipinski definition) is 4. The van der Waals surface area contributed by atoms with E-state index in [-0.39, 0.29) is 44.2 Å². The number of oxime groups is 1. The number of amides is 4. The van der Waals surface area contributed by atoms with Crippen molar-refractivity contribution in [2.45, 2.75) is 89.2 Å². The Labute approximate surface area is 309 Å². The highest BCUT2D eigenvalue weighted by Gasteiger charge is 2.62. The van der Waals surface area contributed by atoms with E-state index in [1.807, 2.05) is 70.2 Å². The standard InChI is InChI=1S/C39H47N5O8S/c1-5-22-21-39(22,37(48)44-53(49,50)25-13-14-25)42-35(46)31-20-24-19-30(31)34(45)41-33(38(2,3)4)36(47)40-16-8-9-17-51-23-12-15-27-26-10-6-7-11-28(26)32(43-52-24)29(27)18-23/h6-12,15,18,22,24-25,30-31,33H,5,13-14,16-17,19-21H2,1-4H3,(H,40,47)(H,41,45)(H,42,46)(H,44,48)/t22-,24+,30-,31-,33+,39-/m1/s1. The second-order valence-electron chi connectivity index (χ2n) is 15.9. The smallest absolute Gasteiger partial charge is 0.259 e. The zero-order valence-electron chi connectivity index (χ0n) is 30.4. The molecule has 1 aliphatic heterocycles. The first-order valence-corrected chi connectivity index (χ1v) is 20.0. The highest BCUT2D eigenvalue weighted by molar-refractivity contribution is 7.91. The Kier molecular flexibility index (Phi) is 9.62. The molecule has 7 rings (SSSR count). The van der Waals surface area contributed by atoms with Crippen LogP contribution in [0.25, 0.3) is 11.1 Å². The molecule has 0 unspecified atom stereocenters. The lowest BCUT2D eigenvalue weighted by molar-refractivity contribution is -0.138. The maximum atomic E-state index is 14.2. The van der Waals surface area contributed by atoms with Crippen LogP contribution in [-0.2, 0) is 34.0 Å². The van der Waals surface area contributed by atoms with Gasteiger partial charge in [0, 0.05) is 17.7 Å². The Morgan fingerprint density at radius 2 is 1.72 bits per heavy atom. The molecule has 0 spiro atoms. The number of hydrogen-bond acceptors (Lipinski definition) is 9. The number of sulfonamides is 1. The summed E-state index contributed by atoms with van der Waals surface area (Å²) in [6, 6.07) is 12.7. The summed E-state index contributed by atoms with van der Waals surface area (Å²) in [6.45, 7) is 7.89. The predicted molar refractivity (Wildman–Crippen MR) is 197 cm³/mol. The first-order valence-electron chi connectivity index (χ1n) is 18.4. The second-order valence-corrected chi connectivity index (χ2v) is 17.8. The van der Waals surface area contributed by atoms with E-state index in [0.29, 0.717) is 30.7 Å². The van der Waals surface area contributed by atoms with Crippen molar-refractivity contribution >= 4 is 39.4 Å². The molecular formula is C39H47N5O8S. The van der Waals surface area contributed by atoms with Crippen LogP contribution in [0.5, 0.6) is 5.75 Å². The number of carbonyl (C=O) groups excluding carboxylic acids is 4. The molecule has 4 N–H and O–H groups in total. The zero-order valence-corrected chi connectivity index (χ0v) is 31.3. The number of ether oxygens (including phenoxy) is 1. The number of benzene rings is 2. The van der Waals surface area contributed by atoms with Crippen LogP contribution >= 0.6 is 0 Å². The molecule has 282 valence electrons. The van der Waals surface area contributed by atoms with Crippen molar-refractivity contribution in [1.82, 2.24) is 20.7 Å². The first kappa shape index (κ1) is 36.6. The van der Waals surface area contributed by atoms with Gasteiger partial charge in [-0.15, -0.1) is 0 Å². The monoisotopic (exact) mass is 745 g/mol. The molecule has 4 amide bonds. The summed E-state index contributed by atoms with van der Waals surface area (Å²) >= 11 is 0. The summed E-state index contributed by atoms with van der Waals surface area (Å²) in [5.41, 5.74) is 2.17. The minimum atomic E-state index is -3.85. The van der Waals surface area contributed by atoms with Crippen LogP contribution in [0, 0.1) is 23.2 Å². The van der Waals surface area contributed by atoms with Gasteiger partial charge in [0.2, 0.25) is 27.7 Å². The molecule has 53 heavy (non-hydrogen) atoms. The SMILES string of the molecule is CC[C@@H]1C[C@]1(NC(=O)[C@@H]1C[C@@H]2C[C@H]1C(=O)N[C@H](C(C)(C)C)C(=O)NCC=CCOc1ccc3c(c1)C(=NO2)c1ccccc1-3)C(=O)NS(=O)(=O)C1CC1. The molecule has 14 heteroatoms. The van der Waals surface area contributed by atoms with Gasteiger partial charge in [-0.2, -0.15) is 0 Å². The highest BCUT2D eigenvalue weighted by atomic mass is 32.2. The van der Waals surface area contributed by atoms with E-state index in [9.17, 15) is 27.6 Å². The summed E-state index contributed by atoms with van der Waals surface area (Å²) in [5, 5.41) is 12.7. The van der Waals surface area contributed by atoms with Crippen LogP contribution in [0.4, 0.5) is 0 Å². The third kappa shape index (κ3) is 7.29. The van der Waals surface area contributed by atoms with Crippen LogP contribution in [-0.4, -0.2) is 73.8 Å². The minimum absolute atomic E-state index is 0.102. The van der Waals surface area contributed by atoms with Crippen LogP contribution in [0.2, 0.25) is 0 Å². The lowest BCUT2D eigenvalue weighted by Crippen LogP contribution is -2.57. The van der Waals surface area contributed by atoms with Gasteiger partial charge in [0.1, 0.15) is 35.8 Å². The minimum Gasteiger partial charge on any atom is -0.490 e. The Morgan fingerprint density at radius 1 is 0.981 bits per heavy atom. The van der Waals surface area contributed by atoms with Gasteiger partial charge in [0.15, 0.2) is 0 Å². The van der Waals surface area contributed by atoms with Crippen molar-refractivity contribution in [2.24, 2.45) is 28.3 Å². The van der Waals surface area contributed by atoms with E-state index >= 15 is 0 Å². The third-order valence-corrected chi connectivity index (χ3v) is 12.9. The molecule has 3 fully saturated rings. The van der Waals surface area contributed by atoms with Gasteiger partial charge in [-0.25, -0.2) is 8.42 Å². The number of nitrogens with one attached hydrogen (secondary N) is 4. The van der Waals surface area contributed by atoms with Gasteiger partial charge in [-0.05, 0) is 78.8 Å². The van der Waals surface area contributed by atoms with E-state index in [4.69, 9.17) is 9.57 Å². The van der Waals surface area contributed by atoms with Gasteiger partial charge in [0.25, 0.3) is 5.91 Å². The lowest BCUT2D eigenvalue weighted by Gasteiger charge is -2.32. The molecule has 2 aromatic rings. The van der Waals surface area contributed by atoms with E-state index in [0.717, 1.165) is 22.3 Å². The van der Waals surface area contributed by atoms with Crippen molar-refractivity contribution < 1.29 is 37.2 Å². The average Bonchev–Trinajstić information content (AvgIpc) is 4.03. The maximum absolute atomic E-state index is 14.2. The Balaban J connectivity index is 1.21. The summed E-state index contributed by atoms with van der Waals surface area (Å²) in [5.74, 6) is -3.71. The number of rotatable bonds is 6. The summed E-state index contributed by atoms with van der Waals surface area (Å²) in [4.78, 5) is 61.6. The van der Waals surface area contributed by atoms with E-state index in [1.165, 1.54) is 0 Å². The molecule has 3 saturated carbocycles. The quantitative estimate of drug-likeness (QED) is 0.278. The van der Waals surface area contributed by atoms with Gasteiger partial charge < -0.3 is 25.5 Å². The fourth-order valence-corrected chi connectivity index (χ4v) is 9.15. The number of fused-ring (bicyclic) bond motifs is 6. The van der Waals surface area contributed by atoms with Gasteiger partial charge in [-0.3, -0.25) is 23.9 Å². The zero-order chi connectivity index (χ0) is 37.7. The van der Waals surface area contributed by atoms with Crippen molar-refractivity contribution in [3.05, 3.63) is 65.7 Å². The lowest BCUT2D eigenvalue weighted by atomic mass is 9.85. The van der Waals surface area contributed by atoms with Crippen molar-refractivity contribution in [3.63, 3.8) is 0 Å². The van der Waals surface area contributed by atoms with E-state index in [2.05, 4.69) is 25.8 Å². The molecular weight excluding hydrogens is 699 g/mol. The fourth-order valence-electron chi connectivity index (χ4n) is 7.78. The van der Waals surface area contributed by atoms with E-state index in [1.54, 1.807) is 12.2 Å². The Bertz CT molecular complexity index is 2000. The van der Waals surface area contributed by atoms with Crippen LogP contribution in [0.1, 0.15) is 77.3 Å². The average molecular weight is 746 g/mol. The molecule has 0 aromatic heterocycles. The van der Waals surface area contributed by atoms with Crippen molar-refractivity contribution in [1.29, 1.82) is 0 Å². The van der Waals surface area contributed by atoms with Crippen molar-refractivity contribution in [2.75, 3.05) is 13.2 Å². The maximum Gasteiger partial charge on any atom is 0.259 e.